The number of thiazole rings is 1. The second-order valence-electron chi connectivity index (χ2n) is 5.21. The van der Waals surface area contributed by atoms with Gasteiger partial charge in [-0.1, -0.05) is 20.8 Å². The van der Waals surface area contributed by atoms with E-state index in [0.717, 1.165) is 10.7 Å². The molecule has 0 bridgehead atoms. The van der Waals surface area contributed by atoms with Crippen LogP contribution in [0.2, 0.25) is 0 Å². The van der Waals surface area contributed by atoms with Crippen molar-refractivity contribution in [3.8, 4) is 0 Å². The number of nitrogens with zero attached hydrogens (tertiary/aromatic N) is 1. The van der Waals surface area contributed by atoms with Gasteiger partial charge in [-0.05, 0) is 19.3 Å². The summed E-state index contributed by atoms with van der Waals surface area (Å²) in [6.45, 7) is 9.85. The maximum Gasteiger partial charge on any atom is 0.307 e. The van der Waals surface area contributed by atoms with Crippen molar-refractivity contribution < 1.29 is 9.90 Å². The molecule has 1 N–H and O–H groups in total. The van der Waals surface area contributed by atoms with Gasteiger partial charge in [-0.2, -0.15) is 0 Å². The fraction of sp³-hybridized carbons (Fsp3) is 0.667. The first-order chi connectivity index (χ1) is 7.21. The van der Waals surface area contributed by atoms with E-state index in [-0.39, 0.29) is 11.3 Å². The van der Waals surface area contributed by atoms with Crippen LogP contribution in [0.25, 0.3) is 0 Å². The summed E-state index contributed by atoms with van der Waals surface area (Å²) in [6.07, 6.45) is 0.526. The van der Waals surface area contributed by atoms with Gasteiger partial charge < -0.3 is 5.11 Å². The van der Waals surface area contributed by atoms with Gasteiger partial charge in [-0.25, -0.2) is 4.98 Å². The summed E-state index contributed by atoms with van der Waals surface area (Å²) >= 11 is 1.60. The zero-order valence-electron chi connectivity index (χ0n) is 10.5. The molecule has 0 amide bonds. The Labute approximate surface area is 101 Å². The normalized spacial score (nSPS) is 13.8. The lowest BCUT2D eigenvalue weighted by Crippen LogP contribution is -2.30. The van der Waals surface area contributed by atoms with Crippen molar-refractivity contribution in [2.75, 3.05) is 0 Å². The van der Waals surface area contributed by atoms with Crippen LogP contribution >= 0.6 is 11.3 Å². The second kappa shape index (κ2) is 4.53. The molecule has 1 aromatic heterocycles. The molecule has 0 aliphatic heterocycles. The highest BCUT2D eigenvalue weighted by atomic mass is 32.1. The van der Waals surface area contributed by atoms with Gasteiger partial charge in [0.25, 0.3) is 0 Å². The summed E-state index contributed by atoms with van der Waals surface area (Å²) < 4.78 is 0. The minimum absolute atomic E-state index is 0.237. The molecule has 0 fully saturated rings. The average Bonchev–Trinajstić information content (AvgIpc) is 2.40. The fourth-order valence-corrected chi connectivity index (χ4v) is 2.54. The lowest BCUT2D eigenvalue weighted by Gasteiger charge is -2.26. The Morgan fingerprint density at radius 1 is 1.44 bits per heavy atom. The van der Waals surface area contributed by atoms with E-state index in [4.69, 9.17) is 0 Å². The number of hydrogen-bond donors (Lipinski definition) is 1. The largest absolute Gasteiger partial charge is 0.481 e. The molecule has 0 radical (unpaired) electrons. The second-order valence-corrected chi connectivity index (χ2v) is 6.50. The molecule has 4 heteroatoms. The van der Waals surface area contributed by atoms with Gasteiger partial charge >= 0.3 is 5.97 Å². The average molecular weight is 241 g/mol. The van der Waals surface area contributed by atoms with E-state index in [1.165, 1.54) is 4.88 Å². The summed E-state index contributed by atoms with van der Waals surface area (Å²) in [5, 5.41) is 10.2. The minimum Gasteiger partial charge on any atom is -0.481 e. The molecule has 1 unspecified atom stereocenters. The van der Waals surface area contributed by atoms with Crippen molar-refractivity contribution in [1.82, 2.24) is 4.98 Å². The van der Waals surface area contributed by atoms with Crippen molar-refractivity contribution in [3.63, 3.8) is 0 Å². The van der Waals surface area contributed by atoms with E-state index in [2.05, 4.69) is 4.98 Å². The molecule has 0 saturated carbocycles. The van der Waals surface area contributed by atoms with E-state index in [1.807, 2.05) is 34.6 Å². The molecular formula is C12H19NO2S. The molecule has 1 atom stereocenters. The Hall–Kier alpha value is -0.900. The number of carboxylic acid groups (broad SMARTS) is 1. The van der Waals surface area contributed by atoms with Gasteiger partial charge in [0.1, 0.15) is 0 Å². The quantitative estimate of drug-likeness (QED) is 0.884. The fourth-order valence-electron chi connectivity index (χ4n) is 1.57. The highest BCUT2D eigenvalue weighted by molar-refractivity contribution is 7.11. The summed E-state index contributed by atoms with van der Waals surface area (Å²) in [7, 11) is 0. The first-order valence-corrected chi connectivity index (χ1v) is 6.19. The van der Waals surface area contributed by atoms with Crippen molar-refractivity contribution in [1.29, 1.82) is 0 Å². The number of hydrogen-bond acceptors (Lipinski definition) is 3. The Morgan fingerprint density at radius 3 is 2.31 bits per heavy atom. The molecule has 16 heavy (non-hydrogen) atoms. The monoisotopic (exact) mass is 241 g/mol. The van der Waals surface area contributed by atoms with Crippen LogP contribution in [-0.2, 0) is 11.2 Å². The Kier molecular flexibility index (Phi) is 3.73. The van der Waals surface area contributed by atoms with Crippen molar-refractivity contribution in [2.24, 2.45) is 11.3 Å². The van der Waals surface area contributed by atoms with Gasteiger partial charge in [-0.3, -0.25) is 4.79 Å². The summed E-state index contributed by atoms with van der Waals surface area (Å²) in [4.78, 5) is 16.8. The molecule has 0 spiro atoms. The van der Waals surface area contributed by atoms with Crippen molar-refractivity contribution >= 4 is 17.3 Å². The minimum atomic E-state index is -0.738. The third kappa shape index (κ3) is 3.04. The maximum absolute atomic E-state index is 11.2. The molecule has 0 aromatic carbocycles. The number of aliphatic carboxylic acids is 1. The zero-order chi connectivity index (χ0) is 12.5. The molecule has 90 valence electrons. The Morgan fingerprint density at radius 2 is 2.00 bits per heavy atom. The predicted molar refractivity (Wildman–Crippen MR) is 65.9 cm³/mol. The molecule has 0 aliphatic rings. The maximum atomic E-state index is 11.2. The molecule has 1 heterocycles. The molecule has 0 aliphatic carbocycles. The van der Waals surface area contributed by atoms with Crippen LogP contribution in [0.15, 0.2) is 0 Å². The Balaban J connectivity index is 2.88. The van der Waals surface area contributed by atoms with Gasteiger partial charge in [0.05, 0.1) is 16.6 Å². The van der Waals surface area contributed by atoms with Crippen LogP contribution in [-0.4, -0.2) is 16.1 Å². The lowest BCUT2D eigenvalue weighted by molar-refractivity contribution is -0.145. The third-order valence-corrected chi connectivity index (χ3v) is 3.89. The van der Waals surface area contributed by atoms with Crippen LogP contribution in [0.3, 0.4) is 0 Å². The molecular weight excluding hydrogens is 222 g/mol. The van der Waals surface area contributed by atoms with E-state index < -0.39 is 5.97 Å². The van der Waals surface area contributed by atoms with Crippen LogP contribution < -0.4 is 0 Å². The van der Waals surface area contributed by atoms with Gasteiger partial charge in [0, 0.05) is 11.3 Å². The summed E-state index contributed by atoms with van der Waals surface area (Å²) in [5.41, 5.74) is 0.775. The van der Waals surface area contributed by atoms with Crippen molar-refractivity contribution in [2.45, 2.75) is 41.0 Å². The smallest absolute Gasteiger partial charge is 0.307 e. The number of carboxylic acids is 1. The molecule has 1 aromatic rings. The number of aromatic nitrogens is 1. The molecule has 0 saturated heterocycles. The van der Waals surface area contributed by atoms with E-state index >= 15 is 0 Å². The van der Waals surface area contributed by atoms with Gasteiger partial charge in [-0.15, -0.1) is 11.3 Å². The summed E-state index contributed by atoms with van der Waals surface area (Å²) in [6, 6.07) is 0. The van der Waals surface area contributed by atoms with E-state index in [0.29, 0.717) is 6.42 Å². The first kappa shape index (κ1) is 13.2. The van der Waals surface area contributed by atoms with Crippen LogP contribution in [0.1, 0.15) is 36.3 Å². The molecule has 1 rings (SSSR count). The highest BCUT2D eigenvalue weighted by Gasteiger charge is 2.32. The first-order valence-electron chi connectivity index (χ1n) is 5.37. The third-order valence-electron chi connectivity index (χ3n) is 2.80. The number of aryl methyl sites for hydroxylation is 2. The summed E-state index contributed by atoms with van der Waals surface area (Å²) in [5.74, 6) is -1.12. The Bertz CT molecular complexity index is 371. The zero-order valence-corrected chi connectivity index (χ0v) is 11.3. The van der Waals surface area contributed by atoms with Crippen LogP contribution in [0.5, 0.6) is 0 Å². The lowest BCUT2D eigenvalue weighted by atomic mass is 9.79. The highest BCUT2D eigenvalue weighted by Crippen LogP contribution is 2.31. The van der Waals surface area contributed by atoms with E-state index in [1.54, 1.807) is 11.3 Å². The van der Waals surface area contributed by atoms with Gasteiger partial charge in [0.2, 0.25) is 0 Å². The van der Waals surface area contributed by atoms with E-state index in [9.17, 15) is 9.90 Å². The van der Waals surface area contributed by atoms with Crippen LogP contribution in [0, 0.1) is 25.2 Å². The van der Waals surface area contributed by atoms with Crippen molar-refractivity contribution in [3.05, 3.63) is 15.6 Å². The predicted octanol–water partition coefficient (Wildman–Crippen LogP) is 3.05. The van der Waals surface area contributed by atoms with Gasteiger partial charge in [0.15, 0.2) is 0 Å². The molecule has 3 nitrogen and oxygen atoms in total. The number of rotatable bonds is 3. The number of carbonyl (C=O) groups is 1. The van der Waals surface area contributed by atoms with Crippen LogP contribution in [0.4, 0.5) is 0 Å². The SMILES string of the molecule is Cc1nc(CC(C(=O)O)C(C)(C)C)sc1C. The standard InChI is InChI=1S/C12H19NO2S/c1-7-8(2)16-10(13-7)6-9(11(14)15)12(3,4)5/h9H,6H2,1-5H3,(H,14,15). The topological polar surface area (TPSA) is 50.2 Å².